The standard InChI is InChI=1S/C12H16O2/c1-4-9-6-7-10(11(13)5-2)12(14)8(9)3/h6-7,14H,4-5H2,1-3H3. The van der Waals surface area contributed by atoms with E-state index in [0.717, 1.165) is 17.5 Å². The number of carbonyl (C=O) groups excluding carboxylic acids is 1. The summed E-state index contributed by atoms with van der Waals surface area (Å²) < 4.78 is 0. The Morgan fingerprint density at radius 2 is 2.00 bits per heavy atom. The highest BCUT2D eigenvalue weighted by molar-refractivity contribution is 5.98. The van der Waals surface area contributed by atoms with Gasteiger partial charge in [-0.2, -0.15) is 0 Å². The van der Waals surface area contributed by atoms with Gasteiger partial charge in [0.15, 0.2) is 5.78 Å². The maximum atomic E-state index is 11.4. The van der Waals surface area contributed by atoms with E-state index in [4.69, 9.17) is 0 Å². The number of hydrogen-bond acceptors (Lipinski definition) is 2. The Hall–Kier alpha value is -1.31. The second-order valence-electron chi connectivity index (χ2n) is 3.38. The van der Waals surface area contributed by atoms with Gasteiger partial charge in [0.25, 0.3) is 0 Å². The molecule has 1 N–H and O–H groups in total. The number of carbonyl (C=O) groups is 1. The van der Waals surface area contributed by atoms with Gasteiger partial charge in [-0.05, 0) is 30.5 Å². The van der Waals surface area contributed by atoms with E-state index < -0.39 is 0 Å². The van der Waals surface area contributed by atoms with Crippen LogP contribution in [0, 0.1) is 6.92 Å². The number of Topliss-reactive ketones (excluding diaryl/α,β-unsaturated/α-hetero) is 1. The molecule has 0 saturated carbocycles. The largest absolute Gasteiger partial charge is 0.507 e. The Labute approximate surface area is 84.6 Å². The van der Waals surface area contributed by atoms with Gasteiger partial charge in [-0.15, -0.1) is 0 Å². The monoisotopic (exact) mass is 192 g/mol. The first-order valence-corrected chi connectivity index (χ1v) is 4.96. The van der Waals surface area contributed by atoms with Crippen LogP contribution in [-0.2, 0) is 6.42 Å². The van der Waals surface area contributed by atoms with Gasteiger partial charge in [-0.3, -0.25) is 4.79 Å². The van der Waals surface area contributed by atoms with Crippen LogP contribution in [0.5, 0.6) is 5.75 Å². The number of aromatic hydroxyl groups is 1. The summed E-state index contributed by atoms with van der Waals surface area (Å²) in [5, 5.41) is 9.79. The van der Waals surface area contributed by atoms with Gasteiger partial charge in [0.2, 0.25) is 0 Å². The third kappa shape index (κ3) is 1.79. The summed E-state index contributed by atoms with van der Waals surface area (Å²) in [6.45, 7) is 5.68. The van der Waals surface area contributed by atoms with Crippen molar-refractivity contribution in [3.05, 3.63) is 28.8 Å². The summed E-state index contributed by atoms with van der Waals surface area (Å²) in [7, 11) is 0. The molecule has 0 heterocycles. The van der Waals surface area contributed by atoms with Crippen LogP contribution in [0.2, 0.25) is 0 Å². The lowest BCUT2D eigenvalue weighted by Gasteiger charge is -2.09. The predicted molar refractivity (Wildman–Crippen MR) is 56.8 cm³/mol. The van der Waals surface area contributed by atoms with Crippen LogP contribution in [0.25, 0.3) is 0 Å². The molecule has 1 aromatic carbocycles. The van der Waals surface area contributed by atoms with Crippen LogP contribution in [0.15, 0.2) is 12.1 Å². The molecule has 0 fully saturated rings. The molecule has 2 heteroatoms. The van der Waals surface area contributed by atoms with E-state index in [1.54, 1.807) is 13.0 Å². The third-order valence-electron chi connectivity index (χ3n) is 2.55. The summed E-state index contributed by atoms with van der Waals surface area (Å²) in [5.41, 5.74) is 2.36. The molecule has 0 saturated heterocycles. The molecular formula is C12H16O2. The van der Waals surface area contributed by atoms with Gasteiger partial charge in [-0.1, -0.05) is 19.9 Å². The van der Waals surface area contributed by atoms with Crippen LogP contribution in [0.4, 0.5) is 0 Å². The zero-order chi connectivity index (χ0) is 10.7. The minimum absolute atomic E-state index is 0.00625. The lowest BCUT2D eigenvalue weighted by atomic mass is 9.98. The van der Waals surface area contributed by atoms with Gasteiger partial charge in [0, 0.05) is 6.42 Å². The molecule has 0 atom stereocenters. The Kier molecular flexibility index (Phi) is 3.28. The quantitative estimate of drug-likeness (QED) is 0.748. The lowest BCUT2D eigenvalue weighted by molar-refractivity contribution is 0.0985. The van der Waals surface area contributed by atoms with E-state index in [0.29, 0.717) is 12.0 Å². The highest BCUT2D eigenvalue weighted by Gasteiger charge is 2.12. The molecule has 0 unspecified atom stereocenters. The molecule has 76 valence electrons. The summed E-state index contributed by atoms with van der Waals surface area (Å²) in [4.78, 5) is 11.4. The van der Waals surface area contributed by atoms with Crippen LogP contribution >= 0.6 is 0 Å². The number of phenols is 1. The maximum Gasteiger partial charge on any atom is 0.166 e. The van der Waals surface area contributed by atoms with Gasteiger partial charge < -0.3 is 5.11 Å². The highest BCUT2D eigenvalue weighted by atomic mass is 16.3. The first kappa shape index (κ1) is 10.8. The van der Waals surface area contributed by atoms with E-state index in [1.807, 2.05) is 19.9 Å². The Morgan fingerprint density at radius 1 is 1.36 bits per heavy atom. The van der Waals surface area contributed by atoms with E-state index in [2.05, 4.69) is 0 Å². The molecule has 1 aromatic rings. The van der Waals surface area contributed by atoms with Crippen molar-refractivity contribution < 1.29 is 9.90 Å². The molecule has 1 rings (SSSR count). The fraction of sp³-hybridized carbons (Fsp3) is 0.417. The summed E-state index contributed by atoms with van der Waals surface area (Å²) in [6, 6.07) is 3.63. The Morgan fingerprint density at radius 3 is 2.50 bits per heavy atom. The molecule has 14 heavy (non-hydrogen) atoms. The fourth-order valence-electron chi connectivity index (χ4n) is 1.54. The van der Waals surface area contributed by atoms with Crippen LogP contribution < -0.4 is 0 Å². The molecular weight excluding hydrogens is 176 g/mol. The number of ketones is 1. The first-order valence-electron chi connectivity index (χ1n) is 4.96. The molecule has 2 nitrogen and oxygen atoms in total. The smallest absolute Gasteiger partial charge is 0.166 e. The van der Waals surface area contributed by atoms with Crippen LogP contribution in [-0.4, -0.2) is 10.9 Å². The first-order chi connectivity index (χ1) is 6.61. The Bertz CT molecular complexity index is 354. The molecule has 0 aliphatic carbocycles. The van der Waals surface area contributed by atoms with Crippen LogP contribution in [0.1, 0.15) is 41.8 Å². The van der Waals surface area contributed by atoms with Crippen molar-refractivity contribution in [3.8, 4) is 5.75 Å². The molecule has 0 amide bonds. The Balaban J connectivity index is 3.24. The minimum Gasteiger partial charge on any atom is -0.507 e. The van der Waals surface area contributed by atoms with Crippen molar-refractivity contribution in [2.45, 2.75) is 33.6 Å². The summed E-state index contributed by atoms with van der Waals surface area (Å²) in [5.74, 6) is 0.143. The minimum atomic E-state index is -0.00625. The molecule has 0 bridgehead atoms. The van der Waals surface area contributed by atoms with Crippen molar-refractivity contribution in [2.24, 2.45) is 0 Å². The maximum absolute atomic E-state index is 11.4. The molecule has 0 aliphatic rings. The van der Waals surface area contributed by atoms with Crippen molar-refractivity contribution in [1.82, 2.24) is 0 Å². The molecule has 0 aromatic heterocycles. The molecule has 0 spiro atoms. The zero-order valence-corrected chi connectivity index (χ0v) is 8.92. The zero-order valence-electron chi connectivity index (χ0n) is 8.92. The second kappa shape index (κ2) is 4.27. The van der Waals surface area contributed by atoms with Gasteiger partial charge in [-0.25, -0.2) is 0 Å². The topological polar surface area (TPSA) is 37.3 Å². The van der Waals surface area contributed by atoms with Crippen molar-refractivity contribution >= 4 is 5.78 Å². The normalized spacial score (nSPS) is 10.2. The fourth-order valence-corrected chi connectivity index (χ4v) is 1.54. The predicted octanol–water partition coefficient (Wildman–Crippen LogP) is 2.86. The van der Waals surface area contributed by atoms with Crippen molar-refractivity contribution in [1.29, 1.82) is 0 Å². The molecule has 0 radical (unpaired) electrons. The second-order valence-corrected chi connectivity index (χ2v) is 3.38. The van der Waals surface area contributed by atoms with Crippen molar-refractivity contribution in [3.63, 3.8) is 0 Å². The van der Waals surface area contributed by atoms with E-state index in [1.165, 1.54) is 0 Å². The lowest BCUT2D eigenvalue weighted by Crippen LogP contribution is -1.99. The number of rotatable bonds is 3. The summed E-state index contributed by atoms with van der Waals surface area (Å²) in [6.07, 6.45) is 1.30. The van der Waals surface area contributed by atoms with Crippen molar-refractivity contribution in [2.75, 3.05) is 0 Å². The number of aryl methyl sites for hydroxylation is 1. The summed E-state index contributed by atoms with van der Waals surface area (Å²) >= 11 is 0. The van der Waals surface area contributed by atoms with Gasteiger partial charge in [0.05, 0.1) is 5.56 Å². The average Bonchev–Trinajstić information content (AvgIpc) is 2.21. The van der Waals surface area contributed by atoms with E-state index in [-0.39, 0.29) is 11.5 Å². The van der Waals surface area contributed by atoms with E-state index in [9.17, 15) is 9.90 Å². The van der Waals surface area contributed by atoms with Crippen LogP contribution in [0.3, 0.4) is 0 Å². The molecule has 0 aliphatic heterocycles. The number of phenolic OH excluding ortho intramolecular Hbond substituents is 1. The number of hydrogen-bond donors (Lipinski definition) is 1. The van der Waals surface area contributed by atoms with Gasteiger partial charge in [0.1, 0.15) is 5.75 Å². The highest BCUT2D eigenvalue weighted by Crippen LogP contribution is 2.26. The SMILES string of the molecule is CCC(=O)c1ccc(CC)c(C)c1O. The van der Waals surface area contributed by atoms with E-state index >= 15 is 0 Å². The number of benzene rings is 1. The average molecular weight is 192 g/mol. The van der Waals surface area contributed by atoms with Gasteiger partial charge >= 0.3 is 0 Å². The third-order valence-corrected chi connectivity index (χ3v) is 2.55.